The molecular formula is C19H30O12P2. The van der Waals surface area contributed by atoms with Gasteiger partial charge in [0.15, 0.2) is 0 Å². The van der Waals surface area contributed by atoms with E-state index in [1.165, 1.54) is 25.1 Å². The van der Waals surface area contributed by atoms with Gasteiger partial charge in [-0.15, -0.1) is 0 Å². The lowest BCUT2D eigenvalue weighted by molar-refractivity contribution is -0.131. The van der Waals surface area contributed by atoms with E-state index in [-0.39, 0.29) is 37.7 Å². The normalized spacial score (nSPS) is 12.1. The number of carbonyl (C=O) groups excluding carboxylic acids is 2. The molecule has 14 heteroatoms. The molecule has 0 saturated heterocycles. The van der Waals surface area contributed by atoms with Crippen molar-refractivity contribution >= 4 is 27.6 Å². The van der Waals surface area contributed by atoms with Crippen LogP contribution in [0.4, 0.5) is 0 Å². The van der Waals surface area contributed by atoms with Crippen LogP contribution >= 0.6 is 15.6 Å². The van der Waals surface area contributed by atoms with Gasteiger partial charge < -0.3 is 9.47 Å². The lowest BCUT2D eigenvalue weighted by Gasteiger charge is -2.26. The molecule has 1 rings (SSSR count). The minimum Gasteiger partial charge on any atom is -0.457 e. The van der Waals surface area contributed by atoms with E-state index in [1.54, 1.807) is 33.8 Å². The van der Waals surface area contributed by atoms with E-state index in [4.69, 9.17) is 36.6 Å². The zero-order valence-corrected chi connectivity index (χ0v) is 21.0. The fraction of sp³-hybridized carbons (Fsp3) is 0.579. The summed E-state index contributed by atoms with van der Waals surface area (Å²) in [6.07, 6.45) is -1.72. The van der Waals surface area contributed by atoms with E-state index in [2.05, 4.69) is 0 Å². The maximum Gasteiger partial charge on any atom is 0.477 e. The van der Waals surface area contributed by atoms with E-state index in [0.717, 1.165) is 0 Å². The third kappa shape index (κ3) is 10.5. The maximum absolute atomic E-state index is 12.8. The van der Waals surface area contributed by atoms with E-state index < -0.39 is 40.5 Å². The Morgan fingerprint density at radius 1 is 0.818 bits per heavy atom. The molecule has 0 aliphatic heterocycles. The number of phosphoric acid groups is 2. The summed E-state index contributed by atoms with van der Waals surface area (Å²) in [7, 11) is -8.36. The number of rotatable bonds is 16. The molecular weight excluding hydrogens is 482 g/mol. The lowest BCUT2D eigenvalue weighted by Crippen LogP contribution is -2.25. The monoisotopic (exact) mass is 512 g/mol. The average molecular weight is 512 g/mol. The van der Waals surface area contributed by atoms with E-state index >= 15 is 0 Å². The molecule has 0 radical (unpaired) electrons. The van der Waals surface area contributed by atoms with E-state index in [0.29, 0.717) is 0 Å². The fourth-order valence-electron chi connectivity index (χ4n) is 2.30. The summed E-state index contributed by atoms with van der Waals surface area (Å²) >= 11 is 0. The molecule has 0 unspecified atom stereocenters. The second-order valence-electron chi connectivity index (χ2n) is 5.89. The maximum atomic E-state index is 12.8. The molecule has 0 saturated carbocycles. The molecule has 0 aliphatic rings. The van der Waals surface area contributed by atoms with Gasteiger partial charge in [-0.2, -0.15) is 0 Å². The highest BCUT2D eigenvalue weighted by molar-refractivity contribution is 7.49. The van der Waals surface area contributed by atoms with Crippen molar-refractivity contribution in [1.82, 2.24) is 0 Å². The van der Waals surface area contributed by atoms with Crippen LogP contribution in [0.3, 0.4) is 0 Å². The predicted octanol–water partition coefficient (Wildman–Crippen LogP) is 4.49. The van der Waals surface area contributed by atoms with Crippen LogP contribution in [-0.2, 0) is 45.8 Å². The van der Waals surface area contributed by atoms with Gasteiger partial charge >= 0.3 is 27.6 Å². The van der Waals surface area contributed by atoms with Crippen molar-refractivity contribution in [2.45, 2.75) is 40.9 Å². The van der Waals surface area contributed by atoms with E-state index in [9.17, 15) is 18.7 Å². The van der Waals surface area contributed by atoms with Gasteiger partial charge in [0.05, 0.1) is 26.4 Å². The molecule has 1 aromatic carbocycles. The number of para-hydroxylation sites is 1. The van der Waals surface area contributed by atoms with Gasteiger partial charge in [-0.25, -0.2) is 13.9 Å². The highest BCUT2D eigenvalue weighted by atomic mass is 31.2. The minimum atomic E-state index is -4.18. The van der Waals surface area contributed by atoms with Crippen molar-refractivity contribution in [2.75, 3.05) is 33.0 Å². The lowest BCUT2D eigenvalue weighted by atomic mass is 10.2. The molecule has 33 heavy (non-hydrogen) atoms. The van der Waals surface area contributed by atoms with Gasteiger partial charge in [0.2, 0.25) is 6.29 Å². The molecule has 12 nitrogen and oxygen atoms in total. The topological polar surface area (TPSA) is 142 Å². The van der Waals surface area contributed by atoms with Crippen LogP contribution in [0.1, 0.15) is 45.0 Å². The third-order valence-electron chi connectivity index (χ3n) is 3.35. The Morgan fingerprint density at radius 3 is 1.70 bits per heavy atom. The summed E-state index contributed by atoms with van der Waals surface area (Å²) in [4.78, 5) is 23.9. The molecule has 0 amide bonds. The summed E-state index contributed by atoms with van der Waals surface area (Å²) in [5.41, 5.74) is -0.0675. The summed E-state index contributed by atoms with van der Waals surface area (Å²) in [5, 5.41) is 0. The summed E-state index contributed by atoms with van der Waals surface area (Å²) in [6.45, 7) is 6.57. The average Bonchev–Trinajstić information content (AvgIpc) is 2.72. The first-order valence-electron chi connectivity index (χ1n) is 10.2. The van der Waals surface area contributed by atoms with Crippen LogP contribution in [0.25, 0.3) is 0 Å². The molecule has 1 aromatic rings. The van der Waals surface area contributed by atoms with Gasteiger partial charge in [-0.1, -0.05) is 12.1 Å². The van der Waals surface area contributed by atoms with E-state index in [1.807, 2.05) is 0 Å². The van der Waals surface area contributed by atoms with Crippen molar-refractivity contribution in [2.24, 2.45) is 0 Å². The van der Waals surface area contributed by atoms with Crippen LogP contribution in [0.15, 0.2) is 24.3 Å². The standard InChI is InChI=1S/C19H30O12P2/c1-6-25-32(22,26-7-2)30-18(31-33(23,27-8-3)28-9-4)14-24-19(21)16-12-10-11-13-17(16)29-15(5)20/h10-13,18H,6-9,14H2,1-5H3. The number of phosphoric ester groups is 2. The Bertz CT molecular complexity index is 807. The molecule has 188 valence electrons. The Labute approximate surface area is 193 Å². The first kappa shape index (κ1) is 29.4. The summed E-state index contributed by atoms with van der Waals surface area (Å²) in [6, 6.07) is 5.86. The Balaban J connectivity index is 3.11. The second-order valence-corrected chi connectivity index (χ2v) is 9.14. The first-order valence-corrected chi connectivity index (χ1v) is 13.1. The first-order chi connectivity index (χ1) is 15.6. The molecule has 0 atom stereocenters. The van der Waals surface area contributed by atoms with Crippen molar-refractivity contribution in [3.8, 4) is 5.75 Å². The highest BCUT2D eigenvalue weighted by Gasteiger charge is 2.38. The number of ether oxygens (including phenoxy) is 2. The van der Waals surface area contributed by atoms with Crippen LogP contribution in [0.5, 0.6) is 5.75 Å². The largest absolute Gasteiger partial charge is 0.477 e. The van der Waals surface area contributed by atoms with Crippen molar-refractivity contribution in [3.63, 3.8) is 0 Å². The SMILES string of the molecule is CCOP(=O)(OCC)OC(COC(=O)c1ccccc1OC(C)=O)OP(=O)(OCC)OCC. The summed E-state index contributed by atoms with van der Waals surface area (Å²) < 4.78 is 66.5. The van der Waals surface area contributed by atoms with Gasteiger partial charge in [0.1, 0.15) is 17.9 Å². The van der Waals surface area contributed by atoms with Gasteiger partial charge in [0.25, 0.3) is 0 Å². The Kier molecular flexibility index (Phi) is 13.0. The fourth-order valence-corrected chi connectivity index (χ4v) is 4.81. The molecule has 0 heterocycles. The zero-order chi connectivity index (χ0) is 24.9. The molecule has 0 bridgehead atoms. The number of benzene rings is 1. The predicted molar refractivity (Wildman–Crippen MR) is 116 cm³/mol. The van der Waals surface area contributed by atoms with Crippen LogP contribution in [0.2, 0.25) is 0 Å². The number of carbonyl (C=O) groups is 2. The van der Waals surface area contributed by atoms with Gasteiger partial charge in [-0.3, -0.25) is 31.9 Å². The highest BCUT2D eigenvalue weighted by Crippen LogP contribution is 2.55. The van der Waals surface area contributed by atoms with Crippen molar-refractivity contribution < 1.29 is 55.3 Å². The van der Waals surface area contributed by atoms with Crippen molar-refractivity contribution in [1.29, 1.82) is 0 Å². The van der Waals surface area contributed by atoms with Crippen LogP contribution in [0, 0.1) is 0 Å². The molecule has 0 fully saturated rings. The minimum absolute atomic E-state index is 0.0306. The quantitative estimate of drug-likeness (QED) is 0.133. The Morgan fingerprint density at radius 2 is 1.27 bits per heavy atom. The van der Waals surface area contributed by atoms with Gasteiger partial charge in [-0.05, 0) is 39.8 Å². The number of hydrogen-bond donors (Lipinski definition) is 0. The number of hydrogen-bond acceptors (Lipinski definition) is 12. The molecule has 0 aromatic heterocycles. The van der Waals surface area contributed by atoms with Crippen molar-refractivity contribution in [3.05, 3.63) is 29.8 Å². The summed E-state index contributed by atoms with van der Waals surface area (Å²) in [5.74, 6) is -1.59. The van der Waals surface area contributed by atoms with Gasteiger partial charge in [0, 0.05) is 6.92 Å². The third-order valence-corrected chi connectivity index (χ3v) is 6.64. The van der Waals surface area contributed by atoms with Crippen LogP contribution < -0.4 is 4.74 Å². The molecule has 0 spiro atoms. The Hall–Kier alpha value is -1.62. The molecule has 0 aliphatic carbocycles. The molecule has 0 N–H and O–H groups in total. The zero-order valence-electron chi connectivity index (χ0n) is 19.2. The second kappa shape index (κ2) is 14.6. The number of esters is 2. The van der Waals surface area contributed by atoms with Crippen LogP contribution in [-0.4, -0.2) is 51.3 Å². The smallest absolute Gasteiger partial charge is 0.457 e.